The molecule has 2 aliphatic rings. The number of nitrogens with one attached hydrogen (secondary N) is 2. The molecule has 5 atom stereocenters. The minimum atomic E-state index is -0.237. The quantitative estimate of drug-likeness (QED) is 0.642. The SMILES string of the molecule is CN[C@@H]1CCCCC(CN[C@H]2CCCCCC[C@@H]2O)C[C@H]1O. The maximum absolute atomic E-state index is 10.4. The Balaban J connectivity index is 1.80. The lowest BCUT2D eigenvalue weighted by atomic mass is 9.86. The molecule has 0 radical (unpaired) electrons. The minimum absolute atomic E-state index is 0.191. The molecule has 4 N–H and O–H groups in total. The van der Waals surface area contributed by atoms with Crippen LogP contribution in [0.4, 0.5) is 0 Å². The van der Waals surface area contributed by atoms with Crippen LogP contribution < -0.4 is 10.6 Å². The van der Waals surface area contributed by atoms with Gasteiger partial charge in [-0.15, -0.1) is 0 Å². The summed E-state index contributed by atoms with van der Waals surface area (Å²) < 4.78 is 0. The Morgan fingerprint density at radius 3 is 2.18 bits per heavy atom. The van der Waals surface area contributed by atoms with E-state index >= 15 is 0 Å². The molecule has 0 aromatic carbocycles. The third-order valence-corrected chi connectivity index (χ3v) is 5.69. The van der Waals surface area contributed by atoms with Crippen LogP contribution in [-0.2, 0) is 0 Å². The molecule has 0 heterocycles. The Bertz CT molecular complexity index is 301. The molecule has 130 valence electrons. The van der Waals surface area contributed by atoms with Gasteiger partial charge < -0.3 is 20.8 Å². The van der Waals surface area contributed by atoms with Crippen molar-refractivity contribution in [2.45, 2.75) is 94.9 Å². The van der Waals surface area contributed by atoms with E-state index in [0.29, 0.717) is 5.92 Å². The van der Waals surface area contributed by atoms with E-state index in [-0.39, 0.29) is 24.3 Å². The topological polar surface area (TPSA) is 64.5 Å². The fraction of sp³-hybridized carbons (Fsp3) is 1.00. The average Bonchev–Trinajstić information content (AvgIpc) is 2.48. The first-order valence-corrected chi connectivity index (χ1v) is 9.47. The largest absolute Gasteiger partial charge is 0.392 e. The summed E-state index contributed by atoms with van der Waals surface area (Å²) in [6.07, 6.45) is 12.2. The molecule has 2 saturated carbocycles. The highest BCUT2D eigenvalue weighted by atomic mass is 16.3. The predicted molar refractivity (Wildman–Crippen MR) is 90.9 cm³/mol. The molecule has 0 aliphatic heterocycles. The van der Waals surface area contributed by atoms with Gasteiger partial charge in [-0.25, -0.2) is 0 Å². The molecule has 2 fully saturated rings. The monoisotopic (exact) mass is 312 g/mol. The van der Waals surface area contributed by atoms with Crippen LogP contribution in [0, 0.1) is 5.92 Å². The van der Waals surface area contributed by atoms with E-state index in [1.807, 2.05) is 7.05 Å². The van der Waals surface area contributed by atoms with Crippen LogP contribution in [0.3, 0.4) is 0 Å². The van der Waals surface area contributed by atoms with Crippen LogP contribution >= 0.6 is 0 Å². The van der Waals surface area contributed by atoms with Crippen molar-refractivity contribution in [1.82, 2.24) is 10.6 Å². The second-order valence-corrected chi connectivity index (χ2v) is 7.42. The van der Waals surface area contributed by atoms with Gasteiger partial charge in [0.15, 0.2) is 0 Å². The summed E-state index contributed by atoms with van der Waals surface area (Å²) >= 11 is 0. The van der Waals surface area contributed by atoms with Crippen LogP contribution in [0.15, 0.2) is 0 Å². The molecule has 0 amide bonds. The van der Waals surface area contributed by atoms with Crippen LogP contribution in [0.25, 0.3) is 0 Å². The summed E-state index contributed by atoms with van der Waals surface area (Å²) in [6, 6.07) is 0.498. The molecule has 1 unspecified atom stereocenters. The number of rotatable bonds is 4. The molecule has 4 nitrogen and oxygen atoms in total. The molecule has 0 bridgehead atoms. The molecule has 0 aromatic rings. The second-order valence-electron chi connectivity index (χ2n) is 7.42. The van der Waals surface area contributed by atoms with Gasteiger partial charge in [0.1, 0.15) is 0 Å². The van der Waals surface area contributed by atoms with Crippen molar-refractivity contribution >= 4 is 0 Å². The lowest BCUT2D eigenvalue weighted by molar-refractivity contribution is 0.0775. The Hall–Kier alpha value is -0.160. The van der Waals surface area contributed by atoms with Crippen LogP contribution in [0.2, 0.25) is 0 Å². The van der Waals surface area contributed by atoms with Crippen molar-refractivity contribution in [2.75, 3.05) is 13.6 Å². The fourth-order valence-electron chi connectivity index (χ4n) is 4.16. The first kappa shape index (κ1) is 18.2. The van der Waals surface area contributed by atoms with Gasteiger partial charge in [0, 0.05) is 12.1 Å². The van der Waals surface area contributed by atoms with E-state index in [2.05, 4.69) is 10.6 Å². The predicted octanol–water partition coefficient (Wildman–Crippen LogP) is 2.19. The summed E-state index contributed by atoms with van der Waals surface area (Å²) in [5.41, 5.74) is 0. The second kappa shape index (κ2) is 9.86. The zero-order valence-electron chi connectivity index (χ0n) is 14.3. The van der Waals surface area contributed by atoms with Crippen LogP contribution in [0.5, 0.6) is 0 Å². The zero-order chi connectivity index (χ0) is 15.8. The molecular weight excluding hydrogens is 276 g/mol. The van der Waals surface area contributed by atoms with Gasteiger partial charge in [-0.05, 0) is 51.6 Å². The van der Waals surface area contributed by atoms with Gasteiger partial charge in [0.05, 0.1) is 12.2 Å². The van der Waals surface area contributed by atoms with E-state index in [0.717, 1.165) is 38.6 Å². The molecule has 4 heteroatoms. The smallest absolute Gasteiger partial charge is 0.0696 e. The highest BCUT2D eigenvalue weighted by Crippen LogP contribution is 2.24. The van der Waals surface area contributed by atoms with Gasteiger partial charge in [0.25, 0.3) is 0 Å². The van der Waals surface area contributed by atoms with Gasteiger partial charge >= 0.3 is 0 Å². The number of hydrogen-bond acceptors (Lipinski definition) is 4. The third-order valence-electron chi connectivity index (χ3n) is 5.69. The lowest BCUT2D eigenvalue weighted by Gasteiger charge is -2.32. The zero-order valence-corrected chi connectivity index (χ0v) is 14.3. The maximum atomic E-state index is 10.4. The highest BCUT2D eigenvalue weighted by Gasteiger charge is 2.26. The van der Waals surface area contributed by atoms with Crippen molar-refractivity contribution in [2.24, 2.45) is 5.92 Å². The standard InChI is InChI=1S/C18H36N2O2/c1-19-15-9-7-6-8-14(12-18(15)22)13-20-16-10-4-2-3-5-11-17(16)21/h14-22H,2-13H2,1H3/t14?,15-,16+,17+,18-/m1/s1. The summed E-state index contributed by atoms with van der Waals surface area (Å²) in [5.74, 6) is 0.531. The van der Waals surface area contributed by atoms with E-state index in [4.69, 9.17) is 0 Å². The Kier molecular flexibility index (Phi) is 8.15. The Morgan fingerprint density at radius 2 is 1.41 bits per heavy atom. The van der Waals surface area contributed by atoms with Gasteiger partial charge in [-0.2, -0.15) is 0 Å². The number of likely N-dealkylation sites (N-methyl/N-ethyl adjacent to an activating group) is 1. The Morgan fingerprint density at radius 1 is 0.773 bits per heavy atom. The molecule has 2 aliphatic carbocycles. The van der Waals surface area contributed by atoms with Gasteiger partial charge in [-0.3, -0.25) is 0 Å². The highest BCUT2D eigenvalue weighted by molar-refractivity contribution is 4.83. The summed E-state index contributed by atoms with van der Waals surface area (Å²) in [5, 5.41) is 27.6. The molecular formula is C18H36N2O2. The molecule has 2 rings (SSSR count). The first-order valence-electron chi connectivity index (χ1n) is 9.47. The van der Waals surface area contributed by atoms with E-state index in [1.54, 1.807) is 0 Å². The summed E-state index contributed by atoms with van der Waals surface area (Å²) in [6.45, 7) is 0.940. The maximum Gasteiger partial charge on any atom is 0.0696 e. The van der Waals surface area contributed by atoms with Crippen LogP contribution in [0.1, 0.15) is 70.6 Å². The van der Waals surface area contributed by atoms with Crippen molar-refractivity contribution in [3.63, 3.8) is 0 Å². The molecule has 0 spiro atoms. The normalized spacial score (nSPS) is 38.6. The average molecular weight is 312 g/mol. The van der Waals surface area contributed by atoms with Crippen molar-refractivity contribution < 1.29 is 10.2 Å². The van der Waals surface area contributed by atoms with Crippen molar-refractivity contribution in [3.8, 4) is 0 Å². The summed E-state index contributed by atoms with van der Waals surface area (Å²) in [4.78, 5) is 0. The van der Waals surface area contributed by atoms with Crippen molar-refractivity contribution in [3.05, 3.63) is 0 Å². The molecule has 0 saturated heterocycles. The number of aliphatic hydroxyl groups is 2. The fourth-order valence-corrected chi connectivity index (χ4v) is 4.16. The number of aliphatic hydroxyl groups excluding tert-OH is 2. The molecule has 22 heavy (non-hydrogen) atoms. The Labute approximate surface area is 136 Å². The lowest BCUT2D eigenvalue weighted by Crippen LogP contribution is -2.45. The first-order chi connectivity index (χ1) is 10.7. The van der Waals surface area contributed by atoms with E-state index in [1.165, 1.54) is 38.5 Å². The van der Waals surface area contributed by atoms with Gasteiger partial charge in [0.2, 0.25) is 0 Å². The minimum Gasteiger partial charge on any atom is -0.392 e. The number of hydrogen-bond donors (Lipinski definition) is 4. The molecule has 0 aromatic heterocycles. The van der Waals surface area contributed by atoms with Gasteiger partial charge in [-0.1, -0.05) is 38.5 Å². The van der Waals surface area contributed by atoms with Crippen LogP contribution in [-0.4, -0.2) is 48.1 Å². The van der Waals surface area contributed by atoms with Crippen molar-refractivity contribution in [1.29, 1.82) is 0 Å². The third kappa shape index (κ3) is 5.80. The van der Waals surface area contributed by atoms with E-state index < -0.39 is 0 Å². The van der Waals surface area contributed by atoms with E-state index in [9.17, 15) is 10.2 Å². The summed E-state index contributed by atoms with van der Waals surface area (Å²) in [7, 11) is 1.95.